The van der Waals surface area contributed by atoms with Gasteiger partial charge in [0.2, 0.25) is 0 Å². The molecule has 6 atom stereocenters. The van der Waals surface area contributed by atoms with Crippen molar-refractivity contribution in [2.75, 3.05) is 0 Å². The van der Waals surface area contributed by atoms with E-state index >= 15 is 0 Å². The molecule has 0 aliphatic heterocycles. The molecule has 0 fully saturated rings. The quantitative estimate of drug-likeness (QED) is 0.0338. The van der Waals surface area contributed by atoms with Gasteiger partial charge in [-0.05, 0) is 25.7 Å². The summed E-state index contributed by atoms with van der Waals surface area (Å²) in [5.41, 5.74) is -3.95. The summed E-state index contributed by atoms with van der Waals surface area (Å²) < 4.78 is 0. The molecule has 0 rings (SSSR count). The van der Waals surface area contributed by atoms with Crippen LogP contribution in [0.5, 0.6) is 0 Å². The van der Waals surface area contributed by atoms with Crippen LogP contribution in [0, 0.1) is 0 Å². The van der Waals surface area contributed by atoms with Crippen LogP contribution in [0.25, 0.3) is 0 Å². The summed E-state index contributed by atoms with van der Waals surface area (Å²) in [7, 11) is 0. The Morgan fingerprint density at radius 3 is 0.544 bits per heavy atom. The van der Waals surface area contributed by atoms with Crippen LogP contribution >= 0.6 is 0 Å². The highest BCUT2D eigenvalue weighted by Crippen LogP contribution is 2.36. The molecule has 0 bridgehead atoms. The zero-order valence-corrected chi connectivity index (χ0v) is 46.8. The molecule has 6 N–H and O–H groups in total. The molecule has 410 valence electrons. The molecule has 0 aromatic rings. The van der Waals surface area contributed by atoms with Crippen molar-refractivity contribution in [3.8, 4) is 0 Å². The summed E-state index contributed by atoms with van der Waals surface area (Å²) >= 11 is 0. The molecular formula is C62H126O6. The normalized spacial score (nSPS) is 15.6. The molecule has 0 radical (unpaired) electrons. The van der Waals surface area contributed by atoms with Crippen LogP contribution in [0.2, 0.25) is 0 Å². The van der Waals surface area contributed by atoms with E-state index in [0.717, 1.165) is 77.0 Å². The van der Waals surface area contributed by atoms with Crippen molar-refractivity contribution in [2.24, 2.45) is 0 Å². The van der Waals surface area contributed by atoms with E-state index in [1.165, 1.54) is 218 Å². The number of hydrogen-bond donors (Lipinski definition) is 6. The minimum atomic E-state index is -1.98. The van der Waals surface area contributed by atoms with Crippen LogP contribution in [-0.2, 0) is 0 Å². The molecule has 0 aliphatic carbocycles. The largest absolute Gasteiger partial charge is 0.390 e. The lowest BCUT2D eigenvalue weighted by molar-refractivity contribution is -0.238. The van der Waals surface area contributed by atoms with Crippen molar-refractivity contribution in [1.29, 1.82) is 0 Å². The van der Waals surface area contributed by atoms with E-state index in [0.29, 0.717) is 25.7 Å². The lowest BCUT2D eigenvalue weighted by Crippen LogP contribution is -2.65. The first-order valence-electron chi connectivity index (χ1n) is 31.3. The molecule has 0 aliphatic rings. The van der Waals surface area contributed by atoms with Crippen LogP contribution in [0.4, 0.5) is 0 Å². The van der Waals surface area contributed by atoms with Crippen LogP contribution in [-0.4, -0.2) is 66.3 Å². The van der Waals surface area contributed by atoms with Crippen molar-refractivity contribution >= 4 is 0 Å². The zero-order valence-electron chi connectivity index (χ0n) is 46.8. The van der Waals surface area contributed by atoms with E-state index in [1.807, 2.05) is 0 Å². The molecule has 0 spiro atoms. The van der Waals surface area contributed by atoms with Gasteiger partial charge in [-0.1, -0.05) is 336 Å². The first-order valence-corrected chi connectivity index (χ1v) is 31.3. The molecule has 0 saturated carbocycles. The Labute approximate surface area is 426 Å². The third-order valence-corrected chi connectivity index (χ3v) is 16.0. The Bertz CT molecular complexity index is 903. The van der Waals surface area contributed by atoms with Gasteiger partial charge in [0.15, 0.2) is 0 Å². The van der Waals surface area contributed by atoms with E-state index < -0.39 is 35.6 Å². The average molecular weight is 968 g/mol. The number of aliphatic hydroxyl groups excluding tert-OH is 4. The molecule has 0 aromatic heterocycles. The molecule has 0 saturated heterocycles. The van der Waals surface area contributed by atoms with Crippen molar-refractivity contribution in [1.82, 2.24) is 0 Å². The maximum atomic E-state index is 12.4. The SMILES string of the molecule is CCCCCCCCCCCCCCC(O)[C@](O)(CCCCCCCCCCCCCC)[C@@H](O)[C@H](O)[C@@](O)(CCCCCCCCCCCCCC)C(O)CCCCCCCCCCCCCC. The topological polar surface area (TPSA) is 121 Å². The van der Waals surface area contributed by atoms with E-state index in [4.69, 9.17) is 0 Å². The van der Waals surface area contributed by atoms with Crippen LogP contribution in [0.15, 0.2) is 0 Å². The van der Waals surface area contributed by atoms with Gasteiger partial charge in [0.25, 0.3) is 0 Å². The predicted molar refractivity (Wildman–Crippen MR) is 297 cm³/mol. The summed E-state index contributed by atoms with van der Waals surface area (Å²) in [6, 6.07) is 0. The second-order valence-corrected chi connectivity index (χ2v) is 22.5. The second-order valence-electron chi connectivity index (χ2n) is 22.5. The number of hydrogen-bond acceptors (Lipinski definition) is 6. The van der Waals surface area contributed by atoms with Gasteiger partial charge in [-0.15, -0.1) is 0 Å². The van der Waals surface area contributed by atoms with Gasteiger partial charge < -0.3 is 30.6 Å². The summed E-state index contributed by atoms with van der Waals surface area (Å²) in [6.45, 7) is 9.05. The number of rotatable bonds is 57. The molecule has 0 heterocycles. The second kappa shape index (κ2) is 50.3. The Morgan fingerprint density at radius 1 is 0.221 bits per heavy atom. The third kappa shape index (κ3) is 37.5. The lowest BCUT2D eigenvalue weighted by atomic mass is 9.73. The van der Waals surface area contributed by atoms with Crippen molar-refractivity contribution in [2.45, 2.75) is 397 Å². The highest BCUT2D eigenvalue weighted by atomic mass is 16.4. The fourth-order valence-electron chi connectivity index (χ4n) is 10.9. The number of aliphatic hydroxyl groups is 6. The van der Waals surface area contributed by atoms with E-state index in [9.17, 15) is 30.6 Å². The smallest absolute Gasteiger partial charge is 0.119 e. The van der Waals surface area contributed by atoms with E-state index in [2.05, 4.69) is 27.7 Å². The Hall–Kier alpha value is -0.240. The van der Waals surface area contributed by atoms with Gasteiger partial charge in [0.05, 0.1) is 12.2 Å². The van der Waals surface area contributed by atoms with Gasteiger partial charge in [0.1, 0.15) is 23.4 Å². The Kier molecular flexibility index (Phi) is 50.1. The highest BCUT2D eigenvalue weighted by Gasteiger charge is 2.53. The fraction of sp³-hybridized carbons (Fsp3) is 1.00. The highest BCUT2D eigenvalue weighted by molar-refractivity contribution is 5.05. The minimum Gasteiger partial charge on any atom is -0.390 e. The lowest BCUT2D eigenvalue weighted by Gasteiger charge is -2.46. The van der Waals surface area contributed by atoms with Crippen molar-refractivity contribution in [3.05, 3.63) is 0 Å². The molecule has 6 nitrogen and oxygen atoms in total. The maximum absolute atomic E-state index is 12.4. The van der Waals surface area contributed by atoms with Crippen LogP contribution in [0.3, 0.4) is 0 Å². The molecule has 68 heavy (non-hydrogen) atoms. The summed E-state index contributed by atoms with van der Waals surface area (Å²) in [5, 5.41) is 72.6. The zero-order chi connectivity index (χ0) is 50.1. The summed E-state index contributed by atoms with van der Waals surface area (Å²) in [6.07, 6.45) is 52.2. The average Bonchev–Trinajstić information content (AvgIpc) is 3.34. The van der Waals surface area contributed by atoms with Crippen LogP contribution < -0.4 is 0 Å². The Morgan fingerprint density at radius 2 is 0.368 bits per heavy atom. The third-order valence-electron chi connectivity index (χ3n) is 16.0. The standard InChI is InChI=1S/C62H126O6/c1-5-9-13-17-21-25-29-33-37-41-45-49-53-57(63)61(67,55-51-47-43-39-35-31-27-23-19-15-11-7-3)59(65)60(66)62(68,56-52-48-44-40-36-32-28-24-20-16-12-8-4)58(64)54-50-46-42-38-34-30-26-22-18-14-10-6-2/h57-60,63-68H,5-56H2,1-4H3/t57?,58?,59-,60-,61+,62+/m0/s1. The molecule has 6 heteroatoms. The minimum absolute atomic E-state index is 0.158. The Balaban J connectivity index is 5.59. The molecule has 0 aromatic carbocycles. The first-order chi connectivity index (χ1) is 33.1. The van der Waals surface area contributed by atoms with Gasteiger partial charge in [0, 0.05) is 0 Å². The fourth-order valence-corrected chi connectivity index (χ4v) is 10.9. The van der Waals surface area contributed by atoms with Gasteiger partial charge in [-0.3, -0.25) is 0 Å². The van der Waals surface area contributed by atoms with Gasteiger partial charge >= 0.3 is 0 Å². The van der Waals surface area contributed by atoms with Gasteiger partial charge in [-0.25, -0.2) is 0 Å². The number of unbranched alkanes of at least 4 members (excludes halogenated alkanes) is 44. The molecule has 2 unspecified atom stereocenters. The predicted octanol–water partition coefficient (Wildman–Crippen LogP) is 18.3. The van der Waals surface area contributed by atoms with Crippen molar-refractivity contribution < 1.29 is 30.6 Å². The van der Waals surface area contributed by atoms with E-state index in [1.54, 1.807) is 0 Å². The van der Waals surface area contributed by atoms with Crippen LogP contribution in [0.1, 0.15) is 362 Å². The molecular weight excluding hydrogens is 841 g/mol. The summed E-state index contributed by atoms with van der Waals surface area (Å²) in [4.78, 5) is 0. The van der Waals surface area contributed by atoms with E-state index in [-0.39, 0.29) is 12.8 Å². The molecule has 0 amide bonds. The van der Waals surface area contributed by atoms with Gasteiger partial charge in [-0.2, -0.15) is 0 Å². The first kappa shape index (κ1) is 67.8. The monoisotopic (exact) mass is 967 g/mol. The summed E-state index contributed by atoms with van der Waals surface area (Å²) in [5.74, 6) is 0. The van der Waals surface area contributed by atoms with Crippen molar-refractivity contribution in [3.63, 3.8) is 0 Å². The maximum Gasteiger partial charge on any atom is 0.119 e.